The van der Waals surface area contributed by atoms with Crippen molar-refractivity contribution >= 4 is 39.2 Å². The molecular formula is C11H15BrN4S. The van der Waals surface area contributed by atoms with Crippen LogP contribution in [0, 0.1) is 0 Å². The number of halogens is 1. The van der Waals surface area contributed by atoms with Gasteiger partial charge in [-0.05, 0) is 40.8 Å². The molecule has 92 valence electrons. The largest absolute Gasteiger partial charge is 0.367 e. The van der Waals surface area contributed by atoms with Crippen molar-refractivity contribution in [3.63, 3.8) is 0 Å². The van der Waals surface area contributed by atoms with Gasteiger partial charge in [0.05, 0.1) is 0 Å². The van der Waals surface area contributed by atoms with Crippen LogP contribution in [0.5, 0.6) is 0 Å². The van der Waals surface area contributed by atoms with E-state index >= 15 is 0 Å². The molecule has 0 radical (unpaired) electrons. The summed E-state index contributed by atoms with van der Waals surface area (Å²) in [4.78, 5) is 8.70. The van der Waals surface area contributed by atoms with Crippen molar-refractivity contribution < 1.29 is 0 Å². The average Bonchev–Trinajstić information content (AvgIpc) is 2.76. The van der Waals surface area contributed by atoms with Crippen LogP contribution in [-0.2, 0) is 0 Å². The summed E-state index contributed by atoms with van der Waals surface area (Å²) in [5, 5.41) is 3.34. The van der Waals surface area contributed by atoms with Crippen LogP contribution in [0.15, 0.2) is 23.2 Å². The monoisotopic (exact) mass is 314 g/mol. The first kappa shape index (κ1) is 12.7. The zero-order valence-corrected chi connectivity index (χ0v) is 12.1. The molecule has 1 N–H and O–H groups in total. The minimum absolute atomic E-state index is 0.814. The van der Waals surface area contributed by atoms with Crippen molar-refractivity contribution in [3.05, 3.63) is 23.2 Å². The number of rotatable bonds is 6. The highest BCUT2D eigenvalue weighted by Crippen LogP contribution is 2.16. The van der Waals surface area contributed by atoms with Gasteiger partial charge in [0, 0.05) is 25.1 Å². The summed E-state index contributed by atoms with van der Waals surface area (Å²) in [7, 11) is 0. The highest BCUT2D eigenvalue weighted by Gasteiger charge is 2.05. The normalized spacial score (nSPS) is 10.9. The van der Waals surface area contributed by atoms with Crippen molar-refractivity contribution in [2.24, 2.45) is 0 Å². The first-order valence-electron chi connectivity index (χ1n) is 5.53. The number of nitrogens with zero attached hydrogens (tertiary/aromatic N) is 3. The Morgan fingerprint density at radius 1 is 1.47 bits per heavy atom. The van der Waals surface area contributed by atoms with E-state index in [9.17, 15) is 0 Å². The molecule has 2 aromatic heterocycles. The molecule has 6 heteroatoms. The maximum Gasteiger partial charge on any atom is 0.180 e. The molecule has 0 aliphatic heterocycles. The van der Waals surface area contributed by atoms with E-state index in [-0.39, 0.29) is 0 Å². The van der Waals surface area contributed by atoms with Gasteiger partial charge in [-0.2, -0.15) is 11.8 Å². The van der Waals surface area contributed by atoms with Crippen LogP contribution >= 0.6 is 27.7 Å². The van der Waals surface area contributed by atoms with Crippen molar-refractivity contribution in [1.82, 2.24) is 14.4 Å². The van der Waals surface area contributed by atoms with Crippen molar-refractivity contribution in [2.75, 3.05) is 23.9 Å². The third kappa shape index (κ3) is 3.35. The quantitative estimate of drug-likeness (QED) is 0.832. The Balaban J connectivity index is 2.00. The Morgan fingerprint density at radius 2 is 2.35 bits per heavy atom. The van der Waals surface area contributed by atoms with Crippen LogP contribution in [0.2, 0.25) is 0 Å². The standard InChI is InChI=1S/C11H15BrN4S/c1-17-7-3-2-4-13-10-11-14-5-6-16(11)8-9(12)15-10/h5-6,8H,2-4,7H2,1H3,(H,13,15). The summed E-state index contributed by atoms with van der Waals surface area (Å²) in [6, 6.07) is 0. The van der Waals surface area contributed by atoms with Crippen LogP contribution in [0.1, 0.15) is 12.8 Å². The predicted octanol–water partition coefficient (Wildman–Crippen LogP) is 3.05. The number of nitrogens with one attached hydrogen (secondary N) is 1. The van der Waals surface area contributed by atoms with E-state index in [4.69, 9.17) is 0 Å². The van der Waals surface area contributed by atoms with Gasteiger partial charge in [-0.25, -0.2) is 9.97 Å². The van der Waals surface area contributed by atoms with Gasteiger partial charge < -0.3 is 9.72 Å². The topological polar surface area (TPSA) is 42.2 Å². The predicted molar refractivity (Wildman–Crippen MR) is 76.8 cm³/mol. The van der Waals surface area contributed by atoms with E-state index in [0.29, 0.717) is 0 Å². The molecule has 0 spiro atoms. The number of fused-ring (bicyclic) bond motifs is 1. The Bertz CT molecular complexity index is 485. The van der Waals surface area contributed by atoms with E-state index in [0.717, 1.165) is 29.0 Å². The highest BCUT2D eigenvalue weighted by atomic mass is 79.9. The Labute approximate surface area is 113 Å². The van der Waals surface area contributed by atoms with Gasteiger partial charge in [-0.3, -0.25) is 0 Å². The summed E-state index contributed by atoms with van der Waals surface area (Å²) >= 11 is 5.29. The first-order valence-corrected chi connectivity index (χ1v) is 7.72. The van der Waals surface area contributed by atoms with E-state index in [2.05, 4.69) is 37.5 Å². The molecule has 4 nitrogen and oxygen atoms in total. The van der Waals surface area contributed by atoms with Gasteiger partial charge in [0.1, 0.15) is 4.60 Å². The van der Waals surface area contributed by atoms with Gasteiger partial charge >= 0.3 is 0 Å². The summed E-state index contributed by atoms with van der Waals surface area (Å²) in [5.74, 6) is 2.06. The van der Waals surface area contributed by atoms with E-state index in [1.54, 1.807) is 6.20 Å². The third-order valence-electron chi connectivity index (χ3n) is 2.41. The van der Waals surface area contributed by atoms with E-state index in [1.807, 2.05) is 28.6 Å². The molecule has 0 aliphatic rings. The van der Waals surface area contributed by atoms with Gasteiger partial charge in [0.2, 0.25) is 0 Å². The first-order chi connectivity index (χ1) is 8.31. The lowest BCUT2D eigenvalue weighted by Gasteiger charge is -2.07. The van der Waals surface area contributed by atoms with E-state index in [1.165, 1.54) is 12.2 Å². The molecule has 2 rings (SSSR count). The fourth-order valence-corrected chi connectivity index (χ4v) is 2.49. The molecule has 0 fully saturated rings. The third-order valence-corrected chi connectivity index (χ3v) is 3.49. The number of aromatic nitrogens is 3. The lowest BCUT2D eigenvalue weighted by Crippen LogP contribution is -2.06. The molecule has 2 aromatic rings. The number of hydrogen-bond acceptors (Lipinski definition) is 4. The zero-order chi connectivity index (χ0) is 12.1. The number of imidazole rings is 1. The van der Waals surface area contributed by atoms with Gasteiger partial charge in [0.15, 0.2) is 11.5 Å². The summed E-state index contributed by atoms with van der Waals surface area (Å²) < 4.78 is 2.77. The van der Waals surface area contributed by atoms with Crippen molar-refractivity contribution in [3.8, 4) is 0 Å². The number of hydrogen-bond donors (Lipinski definition) is 1. The van der Waals surface area contributed by atoms with Crippen LogP contribution in [0.3, 0.4) is 0 Å². The fourth-order valence-electron chi connectivity index (χ4n) is 1.60. The molecule has 0 saturated carbocycles. The van der Waals surface area contributed by atoms with Gasteiger partial charge in [-0.1, -0.05) is 0 Å². The van der Waals surface area contributed by atoms with Crippen LogP contribution in [0.4, 0.5) is 5.82 Å². The fraction of sp³-hybridized carbons (Fsp3) is 0.455. The maximum atomic E-state index is 4.41. The molecule has 0 saturated heterocycles. The van der Waals surface area contributed by atoms with Crippen molar-refractivity contribution in [2.45, 2.75) is 12.8 Å². The Hall–Kier alpha value is -0.750. The zero-order valence-electron chi connectivity index (χ0n) is 9.69. The smallest absolute Gasteiger partial charge is 0.180 e. The number of anilines is 1. The molecule has 0 atom stereocenters. The molecule has 0 unspecified atom stereocenters. The molecular weight excluding hydrogens is 300 g/mol. The summed E-state index contributed by atoms with van der Waals surface area (Å²) in [6.45, 7) is 0.937. The molecule has 17 heavy (non-hydrogen) atoms. The van der Waals surface area contributed by atoms with Crippen molar-refractivity contribution in [1.29, 1.82) is 0 Å². The van der Waals surface area contributed by atoms with Gasteiger partial charge in [0.25, 0.3) is 0 Å². The molecule has 0 bridgehead atoms. The second-order valence-electron chi connectivity index (χ2n) is 3.70. The summed E-state index contributed by atoms with van der Waals surface area (Å²) in [6.07, 6.45) is 10.1. The molecule has 0 amide bonds. The van der Waals surface area contributed by atoms with Crippen LogP contribution in [0.25, 0.3) is 5.65 Å². The number of thioether (sulfide) groups is 1. The highest BCUT2D eigenvalue weighted by molar-refractivity contribution is 9.10. The summed E-state index contributed by atoms with van der Waals surface area (Å²) in [5.41, 5.74) is 0.873. The molecule has 0 aliphatic carbocycles. The lowest BCUT2D eigenvalue weighted by atomic mass is 10.3. The minimum atomic E-state index is 0.814. The Morgan fingerprint density at radius 3 is 3.18 bits per heavy atom. The second kappa shape index (κ2) is 6.26. The average molecular weight is 315 g/mol. The van der Waals surface area contributed by atoms with Crippen LogP contribution in [-0.4, -0.2) is 32.9 Å². The van der Waals surface area contributed by atoms with Gasteiger partial charge in [-0.15, -0.1) is 0 Å². The lowest BCUT2D eigenvalue weighted by molar-refractivity contribution is 0.838. The Kier molecular flexibility index (Phi) is 4.67. The molecule has 2 heterocycles. The van der Waals surface area contributed by atoms with E-state index < -0.39 is 0 Å². The second-order valence-corrected chi connectivity index (χ2v) is 5.50. The molecule has 0 aromatic carbocycles. The minimum Gasteiger partial charge on any atom is -0.367 e. The number of unbranched alkanes of at least 4 members (excludes halogenated alkanes) is 1. The SMILES string of the molecule is CSCCCCNc1nc(Br)cn2ccnc12. The van der Waals surface area contributed by atoms with Crippen LogP contribution < -0.4 is 5.32 Å². The maximum absolute atomic E-state index is 4.41.